The Bertz CT molecular complexity index is 518. The first-order valence-electron chi connectivity index (χ1n) is 9.36. The highest BCUT2D eigenvalue weighted by molar-refractivity contribution is 7.99. The molecule has 0 fully saturated rings. The second-order valence-electron chi connectivity index (χ2n) is 7.34. The zero-order valence-electron chi connectivity index (χ0n) is 17.4. The first-order chi connectivity index (χ1) is 12.3. The second-order valence-corrected chi connectivity index (χ2v) is 9.84. The number of hydrogen-bond acceptors (Lipinski definition) is 4. The smallest absolute Gasteiger partial charge is 0.130 e. The van der Waals surface area contributed by atoms with Crippen molar-refractivity contribution in [2.75, 3.05) is 27.1 Å². The number of halogens is 1. The van der Waals surface area contributed by atoms with Gasteiger partial charge in [-0.05, 0) is 38.4 Å². The van der Waals surface area contributed by atoms with Gasteiger partial charge in [0.2, 0.25) is 0 Å². The van der Waals surface area contributed by atoms with Gasteiger partial charge in [0, 0.05) is 27.8 Å². The summed E-state index contributed by atoms with van der Waals surface area (Å²) in [6, 6.07) is 3.89. The van der Waals surface area contributed by atoms with Gasteiger partial charge >= 0.3 is 0 Å². The van der Waals surface area contributed by atoms with Crippen molar-refractivity contribution in [3.63, 3.8) is 0 Å². The number of rotatable bonds is 12. The molecule has 0 spiro atoms. The molecule has 0 radical (unpaired) electrons. The molecule has 3 nitrogen and oxygen atoms in total. The zero-order chi connectivity index (χ0) is 19.7. The van der Waals surface area contributed by atoms with Crippen LogP contribution in [0.1, 0.15) is 64.2 Å². The standard InChI is InChI=1S/C21H35ClO3S/c1-8-26-19(12-15(2)10-9-11-21(3,4)22)20-17(24-6)13-16(23-5)14-18(20)25-7/h13-15,19H,8-12H2,1-7H3. The predicted molar refractivity (Wildman–Crippen MR) is 115 cm³/mol. The monoisotopic (exact) mass is 402 g/mol. The maximum Gasteiger partial charge on any atom is 0.130 e. The van der Waals surface area contributed by atoms with Crippen LogP contribution in [0.25, 0.3) is 0 Å². The average Bonchev–Trinajstić information content (AvgIpc) is 2.58. The van der Waals surface area contributed by atoms with Gasteiger partial charge in [0.15, 0.2) is 0 Å². The Labute approximate surface area is 169 Å². The number of ether oxygens (including phenoxy) is 3. The molecule has 5 heteroatoms. The quantitative estimate of drug-likeness (QED) is 0.362. The van der Waals surface area contributed by atoms with Gasteiger partial charge in [0.25, 0.3) is 0 Å². The molecule has 2 atom stereocenters. The molecule has 0 saturated carbocycles. The highest BCUT2D eigenvalue weighted by Crippen LogP contribution is 2.46. The molecule has 0 aliphatic heterocycles. The molecule has 150 valence electrons. The molecule has 1 rings (SSSR count). The summed E-state index contributed by atoms with van der Waals surface area (Å²) in [4.78, 5) is -0.111. The fraction of sp³-hybridized carbons (Fsp3) is 0.714. The van der Waals surface area contributed by atoms with Crippen molar-refractivity contribution in [1.29, 1.82) is 0 Å². The molecule has 1 aromatic rings. The van der Waals surface area contributed by atoms with Crippen LogP contribution >= 0.6 is 23.4 Å². The minimum absolute atomic E-state index is 0.111. The third kappa shape index (κ3) is 7.48. The highest BCUT2D eigenvalue weighted by Gasteiger charge is 2.25. The van der Waals surface area contributed by atoms with Crippen molar-refractivity contribution < 1.29 is 14.2 Å². The fourth-order valence-corrected chi connectivity index (χ4v) is 4.57. The number of hydrogen-bond donors (Lipinski definition) is 0. The number of benzene rings is 1. The average molecular weight is 403 g/mol. The van der Waals surface area contributed by atoms with E-state index < -0.39 is 0 Å². The van der Waals surface area contributed by atoms with E-state index in [2.05, 4.69) is 27.7 Å². The van der Waals surface area contributed by atoms with Crippen molar-refractivity contribution in [2.45, 2.75) is 63.5 Å². The summed E-state index contributed by atoms with van der Waals surface area (Å²) in [5.74, 6) is 4.07. The van der Waals surface area contributed by atoms with Crippen LogP contribution in [0.4, 0.5) is 0 Å². The molecule has 0 aromatic heterocycles. The normalized spacial score (nSPS) is 14.0. The van der Waals surface area contributed by atoms with Gasteiger partial charge < -0.3 is 14.2 Å². The van der Waals surface area contributed by atoms with E-state index >= 15 is 0 Å². The van der Waals surface area contributed by atoms with Crippen molar-refractivity contribution in [3.8, 4) is 17.2 Å². The lowest BCUT2D eigenvalue weighted by Crippen LogP contribution is -2.11. The summed E-state index contributed by atoms with van der Waals surface area (Å²) in [7, 11) is 5.07. The van der Waals surface area contributed by atoms with E-state index in [1.165, 1.54) is 6.42 Å². The van der Waals surface area contributed by atoms with Crippen LogP contribution in [0.15, 0.2) is 12.1 Å². The molecule has 2 unspecified atom stereocenters. The van der Waals surface area contributed by atoms with Crippen LogP contribution in [-0.2, 0) is 0 Å². The molecule has 26 heavy (non-hydrogen) atoms. The van der Waals surface area contributed by atoms with Gasteiger partial charge in [-0.3, -0.25) is 0 Å². The predicted octanol–water partition coefficient (Wildman–Crippen LogP) is 6.72. The van der Waals surface area contributed by atoms with Crippen LogP contribution in [-0.4, -0.2) is 32.0 Å². The van der Waals surface area contributed by atoms with E-state index in [1.807, 2.05) is 23.9 Å². The summed E-state index contributed by atoms with van der Waals surface area (Å²) >= 11 is 8.27. The van der Waals surface area contributed by atoms with E-state index in [1.54, 1.807) is 21.3 Å². The summed E-state index contributed by atoms with van der Waals surface area (Å²) in [6.45, 7) is 8.69. The Hall–Kier alpha value is -0.740. The molecule has 0 aliphatic carbocycles. The number of alkyl halides is 1. The summed E-state index contributed by atoms with van der Waals surface area (Å²) in [6.07, 6.45) is 4.45. The number of thioether (sulfide) groups is 1. The van der Waals surface area contributed by atoms with Crippen molar-refractivity contribution in [2.24, 2.45) is 5.92 Å². The SMILES string of the molecule is CCSC(CC(C)CCCC(C)(C)Cl)c1c(OC)cc(OC)cc1OC. The largest absolute Gasteiger partial charge is 0.496 e. The third-order valence-electron chi connectivity index (χ3n) is 4.53. The summed E-state index contributed by atoms with van der Waals surface area (Å²) in [5, 5.41) is 0.329. The lowest BCUT2D eigenvalue weighted by Gasteiger charge is -2.25. The van der Waals surface area contributed by atoms with E-state index in [0.29, 0.717) is 11.2 Å². The number of methoxy groups -OCH3 is 3. The molecular formula is C21H35ClO3S. The van der Waals surface area contributed by atoms with E-state index in [4.69, 9.17) is 25.8 Å². The molecule has 1 aromatic carbocycles. The molecular weight excluding hydrogens is 368 g/mol. The van der Waals surface area contributed by atoms with Gasteiger partial charge in [-0.25, -0.2) is 0 Å². The molecule has 0 N–H and O–H groups in total. The molecule has 0 bridgehead atoms. The van der Waals surface area contributed by atoms with E-state index in [9.17, 15) is 0 Å². The minimum atomic E-state index is -0.111. The van der Waals surface area contributed by atoms with E-state index in [0.717, 1.165) is 47.8 Å². The van der Waals surface area contributed by atoms with Crippen molar-refractivity contribution >= 4 is 23.4 Å². The highest BCUT2D eigenvalue weighted by atomic mass is 35.5. The Kier molecular flexibility index (Phi) is 10.0. The Morgan fingerprint density at radius 1 is 1.08 bits per heavy atom. The van der Waals surface area contributed by atoms with Gasteiger partial charge in [0.1, 0.15) is 17.2 Å². The van der Waals surface area contributed by atoms with Gasteiger partial charge in [-0.15, -0.1) is 11.6 Å². The molecule has 0 saturated heterocycles. The van der Waals surface area contributed by atoms with Crippen molar-refractivity contribution in [3.05, 3.63) is 17.7 Å². The topological polar surface area (TPSA) is 27.7 Å². The van der Waals surface area contributed by atoms with Gasteiger partial charge in [-0.2, -0.15) is 11.8 Å². The minimum Gasteiger partial charge on any atom is -0.496 e. The lowest BCUT2D eigenvalue weighted by atomic mass is 9.93. The third-order valence-corrected chi connectivity index (χ3v) is 5.88. The first kappa shape index (κ1) is 23.3. The van der Waals surface area contributed by atoms with Gasteiger partial charge in [0.05, 0.1) is 21.3 Å². The van der Waals surface area contributed by atoms with Crippen LogP contribution < -0.4 is 14.2 Å². The molecule has 0 aliphatic rings. The van der Waals surface area contributed by atoms with Crippen LogP contribution in [0.2, 0.25) is 0 Å². The first-order valence-corrected chi connectivity index (χ1v) is 10.8. The van der Waals surface area contributed by atoms with Gasteiger partial charge in [-0.1, -0.05) is 26.7 Å². The lowest BCUT2D eigenvalue weighted by molar-refractivity contribution is 0.363. The van der Waals surface area contributed by atoms with E-state index in [-0.39, 0.29) is 4.87 Å². The zero-order valence-corrected chi connectivity index (χ0v) is 18.9. The van der Waals surface area contributed by atoms with Crippen LogP contribution in [0, 0.1) is 5.92 Å². The Morgan fingerprint density at radius 2 is 1.65 bits per heavy atom. The van der Waals surface area contributed by atoms with Crippen LogP contribution in [0.5, 0.6) is 17.2 Å². The maximum atomic E-state index is 6.33. The molecule has 0 amide bonds. The maximum absolute atomic E-state index is 6.33. The van der Waals surface area contributed by atoms with Crippen LogP contribution in [0.3, 0.4) is 0 Å². The molecule has 0 heterocycles. The Morgan fingerprint density at radius 3 is 2.08 bits per heavy atom. The summed E-state index contributed by atoms with van der Waals surface area (Å²) in [5.41, 5.74) is 1.13. The fourth-order valence-electron chi connectivity index (χ4n) is 3.17. The van der Waals surface area contributed by atoms with Crippen molar-refractivity contribution in [1.82, 2.24) is 0 Å². The Balaban J connectivity index is 2.98. The second kappa shape index (κ2) is 11.2. The summed E-state index contributed by atoms with van der Waals surface area (Å²) < 4.78 is 16.7.